The van der Waals surface area contributed by atoms with E-state index in [1.807, 2.05) is 26.1 Å². The van der Waals surface area contributed by atoms with Crippen molar-refractivity contribution < 1.29 is 22.7 Å². The molecule has 1 aromatic heterocycles. The number of carbonyl (C=O) groups is 1. The van der Waals surface area contributed by atoms with Gasteiger partial charge in [0.15, 0.2) is 5.69 Å². The summed E-state index contributed by atoms with van der Waals surface area (Å²) in [5, 5.41) is 4.90. The van der Waals surface area contributed by atoms with Gasteiger partial charge in [-0.05, 0) is 48.4 Å². The molecule has 0 saturated carbocycles. The lowest BCUT2D eigenvalue weighted by molar-refractivity contribution is -0.137. The van der Waals surface area contributed by atoms with Crippen LogP contribution in [-0.2, 0) is 24.6 Å². The van der Waals surface area contributed by atoms with Crippen molar-refractivity contribution in [3.63, 3.8) is 0 Å². The number of piperazine rings is 1. The van der Waals surface area contributed by atoms with Crippen LogP contribution in [0.2, 0.25) is 5.02 Å². The van der Waals surface area contributed by atoms with Crippen molar-refractivity contribution in [1.29, 1.82) is 0 Å². The van der Waals surface area contributed by atoms with Gasteiger partial charge in [0.2, 0.25) is 0 Å². The molecule has 0 N–H and O–H groups in total. The largest absolute Gasteiger partial charge is 0.416 e. The fourth-order valence-electron chi connectivity index (χ4n) is 4.11. The number of aryl methyl sites for hydroxylation is 2. The summed E-state index contributed by atoms with van der Waals surface area (Å²) in [5.41, 5.74) is 2.26. The summed E-state index contributed by atoms with van der Waals surface area (Å²) in [4.78, 5) is 16.8. The van der Waals surface area contributed by atoms with E-state index in [-0.39, 0.29) is 18.6 Å². The molecule has 2 aromatic carbocycles. The van der Waals surface area contributed by atoms with Gasteiger partial charge < -0.3 is 9.64 Å². The van der Waals surface area contributed by atoms with Crippen LogP contribution in [0.5, 0.6) is 0 Å². The van der Waals surface area contributed by atoms with Gasteiger partial charge in [-0.2, -0.15) is 18.3 Å². The Balaban J connectivity index is 1.38. The van der Waals surface area contributed by atoms with Gasteiger partial charge in [-0.25, -0.2) is 0 Å². The number of nitrogens with zero attached hydrogens (tertiary/aromatic N) is 4. The SMILES string of the molecule is Cc1cc(C(=O)N2CCN(CC(OCc3ccc(C(F)(F)F)cc3)c3ccc(Cl)cc3)CC2)nn1C. The minimum Gasteiger partial charge on any atom is -0.368 e. The molecule has 3 aromatic rings. The van der Waals surface area contributed by atoms with Crippen LogP contribution in [0.25, 0.3) is 0 Å². The van der Waals surface area contributed by atoms with Crippen molar-refractivity contribution >= 4 is 17.5 Å². The first-order chi connectivity index (χ1) is 17.1. The maximum absolute atomic E-state index is 12.9. The summed E-state index contributed by atoms with van der Waals surface area (Å²) in [5.74, 6) is -0.0776. The standard InChI is InChI=1S/C26H28ClF3N4O2/c1-18-15-23(31-32(18)2)25(35)34-13-11-33(12-14-34)16-24(20-5-9-22(27)10-6-20)36-17-19-3-7-21(8-4-19)26(28,29)30/h3-10,15,24H,11-14,16-17H2,1-2H3. The first-order valence-electron chi connectivity index (χ1n) is 11.7. The molecule has 36 heavy (non-hydrogen) atoms. The van der Waals surface area contributed by atoms with E-state index in [9.17, 15) is 18.0 Å². The maximum atomic E-state index is 12.9. The molecule has 1 amide bonds. The molecule has 1 unspecified atom stereocenters. The molecular weight excluding hydrogens is 493 g/mol. The normalized spacial score (nSPS) is 15.8. The van der Waals surface area contributed by atoms with Crippen LogP contribution in [0, 0.1) is 6.92 Å². The fraction of sp³-hybridized carbons (Fsp3) is 0.385. The highest BCUT2D eigenvalue weighted by atomic mass is 35.5. The summed E-state index contributed by atoms with van der Waals surface area (Å²) in [6, 6.07) is 14.2. The molecule has 0 aliphatic carbocycles. The van der Waals surface area contributed by atoms with E-state index in [1.165, 1.54) is 12.1 Å². The zero-order valence-electron chi connectivity index (χ0n) is 20.1. The van der Waals surface area contributed by atoms with E-state index in [0.29, 0.717) is 49.0 Å². The molecule has 2 heterocycles. The Kier molecular flexibility index (Phi) is 8.02. The molecule has 0 bridgehead atoms. The Hall–Kier alpha value is -2.88. The van der Waals surface area contributed by atoms with E-state index in [2.05, 4.69) is 10.00 Å². The summed E-state index contributed by atoms with van der Waals surface area (Å²) in [7, 11) is 1.81. The first-order valence-corrected chi connectivity index (χ1v) is 12.0. The summed E-state index contributed by atoms with van der Waals surface area (Å²) < 4.78 is 46.5. The van der Waals surface area contributed by atoms with Crippen molar-refractivity contribution in [2.24, 2.45) is 7.05 Å². The smallest absolute Gasteiger partial charge is 0.368 e. The molecule has 192 valence electrons. The summed E-state index contributed by atoms with van der Waals surface area (Å²) >= 11 is 6.05. The topological polar surface area (TPSA) is 50.6 Å². The van der Waals surface area contributed by atoms with Gasteiger partial charge in [0.1, 0.15) is 0 Å². The lowest BCUT2D eigenvalue weighted by Gasteiger charge is -2.36. The third kappa shape index (κ3) is 6.46. The molecule has 0 radical (unpaired) electrons. The van der Waals surface area contributed by atoms with Crippen LogP contribution < -0.4 is 0 Å². The molecule has 1 aliphatic heterocycles. The van der Waals surface area contributed by atoms with Crippen molar-refractivity contribution in [1.82, 2.24) is 19.6 Å². The van der Waals surface area contributed by atoms with Crippen LogP contribution in [0.15, 0.2) is 54.6 Å². The summed E-state index contributed by atoms with van der Waals surface area (Å²) in [6.45, 7) is 5.14. The number of amides is 1. The second-order valence-electron chi connectivity index (χ2n) is 8.93. The van der Waals surface area contributed by atoms with Crippen molar-refractivity contribution in [3.8, 4) is 0 Å². The number of benzene rings is 2. The molecule has 1 aliphatic rings. The van der Waals surface area contributed by atoms with Crippen LogP contribution in [-0.4, -0.2) is 58.2 Å². The first kappa shape index (κ1) is 26.2. The lowest BCUT2D eigenvalue weighted by atomic mass is 10.1. The average Bonchev–Trinajstić information content (AvgIpc) is 3.20. The Labute approximate surface area is 213 Å². The van der Waals surface area contributed by atoms with E-state index >= 15 is 0 Å². The number of ether oxygens (including phenoxy) is 1. The quantitative estimate of drug-likeness (QED) is 0.434. The minimum absolute atomic E-state index is 0.0776. The zero-order chi connectivity index (χ0) is 25.9. The Bertz CT molecular complexity index is 1150. The zero-order valence-corrected chi connectivity index (χ0v) is 20.9. The van der Waals surface area contributed by atoms with E-state index in [0.717, 1.165) is 23.4 Å². The maximum Gasteiger partial charge on any atom is 0.416 e. The molecule has 1 fully saturated rings. The van der Waals surface area contributed by atoms with Crippen LogP contribution >= 0.6 is 11.6 Å². The summed E-state index contributed by atoms with van der Waals surface area (Å²) in [6.07, 6.45) is -4.69. The second-order valence-corrected chi connectivity index (χ2v) is 9.37. The van der Waals surface area contributed by atoms with Crippen LogP contribution in [0.4, 0.5) is 13.2 Å². The predicted molar refractivity (Wildman–Crippen MR) is 131 cm³/mol. The van der Waals surface area contributed by atoms with E-state index in [1.54, 1.807) is 27.8 Å². The predicted octanol–water partition coefficient (Wildman–Crippen LogP) is 5.12. The van der Waals surface area contributed by atoms with Crippen molar-refractivity contribution in [2.75, 3.05) is 32.7 Å². The minimum atomic E-state index is -4.37. The lowest BCUT2D eigenvalue weighted by Crippen LogP contribution is -2.49. The van der Waals surface area contributed by atoms with Gasteiger partial charge in [-0.1, -0.05) is 35.9 Å². The molecule has 10 heteroatoms. The molecule has 0 spiro atoms. The number of halogens is 4. The highest BCUT2D eigenvalue weighted by Crippen LogP contribution is 2.30. The highest BCUT2D eigenvalue weighted by molar-refractivity contribution is 6.30. The number of alkyl halides is 3. The molecule has 1 atom stereocenters. The highest BCUT2D eigenvalue weighted by Gasteiger charge is 2.30. The van der Waals surface area contributed by atoms with Gasteiger partial charge in [-0.15, -0.1) is 0 Å². The number of hydrogen-bond donors (Lipinski definition) is 0. The van der Waals surface area contributed by atoms with Gasteiger partial charge in [0, 0.05) is 50.5 Å². The van der Waals surface area contributed by atoms with Gasteiger partial charge >= 0.3 is 6.18 Å². The molecule has 4 rings (SSSR count). The van der Waals surface area contributed by atoms with Crippen molar-refractivity contribution in [2.45, 2.75) is 25.8 Å². The third-order valence-corrected chi connectivity index (χ3v) is 6.64. The number of aromatic nitrogens is 2. The Morgan fingerprint density at radius 2 is 1.69 bits per heavy atom. The van der Waals surface area contributed by atoms with Crippen molar-refractivity contribution in [3.05, 3.63) is 87.7 Å². The second kappa shape index (κ2) is 11.0. The molecular formula is C26H28ClF3N4O2. The number of hydrogen-bond acceptors (Lipinski definition) is 4. The van der Waals surface area contributed by atoms with E-state index in [4.69, 9.17) is 16.3 Å². The van der Waals surface area contributed by atoms with Crippen LogP contribution in [0.3, 0.4) is 0 Å². The Morgan fingerprint density at radius 1 is 1.06 bits per heavy atom. The van der Waals surface area contributed by atoms with Gasteiger partial charge in [0.05, 0.1) is 18.3 Å². The Morgan fingerprint density at radius 3 is 2.25 bits per heavy atom. The monoisotopic (exact) mass is 520 g/mol. The molecule has 1 saturated heterocycles. The fourth-order valence-corrected chi connectivity index (χ4v) is 4.24. The van der Waals surface area contributed by atoms with Crippen LogP contribution in [0.1, 0.15) is 39.0 Å². The average molecular weight is 521 g/mol. The number of rotatable bonds is 7. The number of carbonyl (C=O) groups excluding carboxylic acids is 1. The van der Waals surface area contributed by atoms with Gasteiger partial charge in [0.25, 0.3) is 5.91 Å². The van der Waals surface area contributed by atoms with Gasteiger partial charge in [-0.3, -0.25) is 14.4 Å². The third-order valence-electron chi connectivity index (χ3n) is 6.39. The molecule has 6 nitrogen and oxygen atoms in total. The van der Waals surface area contributed by atoms with E-state index < -0.39 is 11.7 Å².